The molecule has 1 atom stereocenters. The van der Waals surface area contributed by atoms with Crippen LogP contribution in [-0.2, 0) is 4.79 Å². The van der Waals surface area contributed by atoms with Crippen LogP contribution in [0.4, 0.5) is 5.82 Å². The first-order valence-electron chi connectivity index (χ1n) is 10.8. The molecular weight excluding hydrogens is 404 g/mol. The average Bonchev–Trinajstić information content (AvgIpc) is 3.30. The number of hydrogen-bond acceptors (Lipinski definition) is 6. The second-order valence-corrected chi connectivity index (χ2v) is 7.60. The van der Waals surface area contributed by atoms with Crippen LogP contribution in [0, 0.1) is 0 Å². The van der Waals surface area contributed by atoms with Crippen LogP contribution in [0.25, 0.3) is 11.3 Å². The van der Waals surface area contributed by atoms with Crippen LogP contribution in [0.1, 0.15) is 36.5 Å². The van der Waals surface area contributed by atoms with E-state index in [4.69, 9.17) is 20.2 Å². The van der Waals surface area contributed by atoms with Crippen molar-refractivity contribution < 1.29 is 14.3 Å². The zero-order chi connectivity index (χ0) is 22.9. The van der Waals surface area contributed by atoms with E-state index in [-0.39, 0.29) is 0 Å². The number of rotatable bonds is 6. The Morgan fingerprint density at radius 2 is 1.97 bits per heavy atom. The van der Waals surface area contributed by atoms with Crippen LogP contribution >= 0.6 is 0 Å². The van der Waals surface area contributed by atoms with Gasteiger partial charge in [0.05, 0.1) is 11.3 Å². The van der Waals surface area contributed by atoms with Gasteiger partial charge in [0.1, 0.15) is 23.6 Å². The Balaban J connectivity index is 0.000000913. The fourth-order valence-corrected chi connectivity index (χ4v) is 3.73. The smallest absolute Gasteiger partial charge is 0.250 e. The summed E-state index contributed by atoms with van der Waals surface area (Å²) in [5, 5.41) is 3.31. The highest BCUT2D eigenvalue weighted by molar-refractivity contribution is 5.99. The third-order valence-corrected chi connectivity index (χ3v) is 5.39. The lowest BCUT2D eigenvalue weighted by atomic mass is 10.0. The quantitative estimate of drug-likeness (QED) is 0.676. The summed E-state index contributed by atoms with van der Waals surface area (Å²) in [5.74, 6) is 1.99. The molecule has 1 saturated heterocycles. The minimum atomic E-state index is -0.480. The lowest BCUT2D eigenvalue weighted by molar-refractivity contribution is -0.106. The molecule has 0 spiro atoms. The third-order valence-electron chi connectivity index (χ3n) is 5.39. The molecule has 7 heteroatoms. The standard InChI is InChI=1S/C23H26N4O2.C2H4O/c1-25-17-13-14-27(15-17)21-12-11-20(23(24)28)22(26-21)16-7-9-19(10-8-16)29-18-5-3-2-4-6-18;1-2-3/h3,5-12,17,25H,2,4,13-15H2,1H3,(H2,24,28);2H,1H3. The number of ether oxygens (including phenoxy) is 1. The number of nitrogens with zero attached hydrogens (tertiary/aromatic N) is 2. The van der Waals surface area contributed by atoms with E-state index in [0.717, 1.165) is 61.5 Å². The molecule has 2 aromatic rings. The molecule has 1 aliphatic carbocycles. The molecule has 1 aromatic carbocycles. The number of allylic oxidation sites excluding steroid dienone is 3. The van der Waals surface area contributed by atoms with Gasteiger partial charge < -0.3 is 25.5 Å². The number of hydrogen-bond donors (Lipinski definition) is 2. The van der Waals surface area contributed by atoms with Crippen molar-refractivity contribution in [2.75, 3.05) is 25.0 Å². The van der Waals surface area contributed by atoms with Crippen LogP contribution in [-0.4, -0.2) is 43.4 Å². The van der Waals surface area contributed by atoms with E-state index >= 15 is 0 Å². The molecule has 2 aliphatic rings. The SMILES string of the molecule is CC=O.CNC1CCN(c2ccc(C(N)=O)c(-c3ccc(OC4=CCCC=C4)cc3)n2)C1. The normalized spacial score (nSPS) is 17.2. The average molecular weight is 435 g/mol. The second-order valence-electron chi connectivity index (χ2n) is 7.60. The summed E-state index contributed by atoms with van der Waals surface area (Å²) >= 11 is 0. The van der Waals surface area contributed by atoms with Gasteiger partial charge in [0, 0.05) is 24.7 Å². The number of benzene rings is 1. The van der Waals surface area contributed by atoms with Crippen LogP contribution < -0.4 is 20.7 Å². The van der Waals surface area contributed by atoms with Gasteiger partial charge in [0.2, 0.25) is 0 Å². The lowest BCUT2D eigenvalue weighted by Crippen LogP contribution is -2.30. The third kappa shape index (κ3) is 5.82. The Morgan fingerprint density at radius 1 is 1.22 bits per heavy atom. The number of aldehydes is 1. The first kappa shape index (κ1) is 23.2. The summed E-state index contributed by atoms with van der Waals surface area (Å²) in [7, 11) is 1.98. The summed E-state index contributed by atoms with van der Waals surface area (Å²) in [6.45, 7) is 3.28. The number of anilines is 1. The summed E-state index contributed by atoms with van der Waals surface area (Å²) in [6.07, 6.45) is 10.0. The topological polar surface area (TPSA) is 97.6 Å². The van der Waals surface area contributed by atoms with E-state index in [0.29, 0.717) is 17.3 Å². The molecule has 4 rings (SSSR count). The van der Waals surface area contributed by atoms with Crippen molar-refractivity contribution in [2.45, 2.75) is 32.2 Å². The molecule has 1 amide bonds. The minimum Gasteiger partial charge on any atom is -0.458 e. The monoisotopic (exact) mass is 434 g/mol. The predicted molar refractivity (Wildman–Crippen MR) is 127 cm³/mol. The number of nitrogens with one attached hydrogen (secondary N) is 1. The number of nitrogens with two attached hydrogens (primary N) is 1. The van der Waals surface area contributed by atoms with Crippen LogP contribution in [0.5, 0.6) is 5.75 Å². The van der Waals surface area contributed by atoms with Crippen molar-refractivity contribution in [3.63, 3.8) is 0 Å². The molecule has 0 saturated carbocycles. The number of primary amides is 1. The Morgan fingerprint density at radius 3 is 2.56 bits per heavy atom. The van der Waals surface area contributed by atoms with Gasteiger partial charge in [-0.1, -0.05) is 6.08 Å². The molecule has 1 aromatic heterocycles. The van der Waals surface area contributed by atoms with Crippen molar-refractivity contribution in [3.05, 3.63) is 65.9 Å². The van der Waals surface area contributed by atoms with Gasteiger partial charge in [-0.25, -0.2) is 4.98 Å². The second kappa shape index (κ2) is 11.2. The molecule has 32 heavy (non-hydrogen) atoms. The fourth-order valence-electron chi connectivity index (χ4n) is 3.73. The summed E-state index contributed by atoms with van der Waals surface area (Å²) in [6, 6.07) is 11.7. The molecule has 1 unspecified atom stereocenters. The molecule has 0 bridgehead atoms. The van der Waals surface area contributed by atoms with Crippen molar-refractivity contribution in [1.82, 2.24) is 10.3 Å². The van der Waals surface area contributed by atoms with Gasteiger partial charge in [0.25, 0.3) is 5.91 Å². The van der Waals surface area contributed by atoms with Gasteiger partial charge in [-0.2, -0.15) is 0 Å². The van der Waals surface area contributed by atoms with Gasteiger partial charge in [0.15, 0.2) is 0 Å². The zero-order valence-corrected chi connectivity index (χ0v) is 18.6. The zero-order valence-electron chi connectivity index (χ0n) is 18.6. The van der Waals surface area contributed by atoms with E-state index in [9.17, 15) is 4.79 Å². The van der Waals surface area contributed by atoms with Gasteiger partial charge >= 0.3 is 0 Å². The number of amides is 1. The Hall–Kier alpha value is -3.45. The number of likely N-dealkylation sites (N-methyl/N-ethyl adjacent to an activating group) is 1. The number of carbonyl (C=O) groups is 2. The Bertz CT molecular complexity index is 999. The van der Waals surface area contributed by atoms with E-state index in [1.165, 1.54) is 6.92 Å². The Kier molecular flexibility index (Phi) is 8.16. The van der Waals surface area contributed by atoms with Crippen LogP contribution in [0.2, 0.25) is 0 Å². The highest BCUT2D eigenvalue weighted by atomic mass is 16.5. The maximum absolute atomic E-state index is 12.0. The maximum Gasteiger partial charge on any atom is 0.250 e. The summed E-state index contributed by atoms with van der Waals surface area (Å²) < 4.78 is 5.90. The van der Waals surface area contributed by atoms with Gasteiger partial charge in [-0.15, -0.1) is 0 Å². The summed E-state index contributed by atoms with van der Waals surface area (Å²) in [4.78, 5) is 27.8. The molecule has 3 N–H and O–H groups in total. The van der Waals surface area contributed by atoms with E-state index in [1.807, 2.05) is 43.5 Å². The lowest BCUT2D eigenvalue weighted by Gasteiger charge is -2.19. The molecule has 1 aliphatic heterocycles. The highest BCUT2D eigenvalue weighted by Gasteiger charge is 2.23. The van der Waals surface area contributed by atoms with Crippen molar-refractivity contribution in [2.24, 2.45) is 5.73 Å². The summed E-state index contributed by atoms with van der Waals surface area (Å²) in [5.41, 5.74) is 7.47. The minimum absolute atomic E-state index is 0.421. The first-order valence-corrected chi connectivity index (χ1v) is 10.8. The molecule has 1 fully saturated rings. The fraction of sp³-hybridized carbons (Fsp3) is 0.320. The van der Waals surface area contributed by atoms with Crippen LogP contribution in [0.3, 0.4) is 0 Å². The van der Waals surface area contributed by atoms with E-state index < -0.39 is 5.91 Å². The molecular formula is C25H30N4O3. The van der Waals surface area contributed by atoms with Crippen molar-refractivity contribution >= 4 is 18.0 Å². The van der Waals surface area contributed by atoms with Crippen molar-refractivity contribution in [1.29, 1.82) is 0 Å². The molecule has 2 heterocycles. The first-order chi connectivity index (χ1) is 15.5. The highest BCUT2D eigenvalue weighted by Crippen LogP contribution is 2.29. The number of pyridine rings is 1. The van der Waals surface area contributed by atoms with E-state index in [2.05, 4.69) is 22.4 Å². The molecule has 168 valence electrons. The van der Waals surface area contributed by atoms with Crippen LogP contribution in [0.15, 0.2) is 60.4 Å². The largest absolute Gasteiger partial charge is 0.458 e. The predicted octanol–water partition coefficient (Wildman–Crippen LogP) is 3.46. The van der Waals surface area contributed by atoms with E-state index in [1.54, 1.807) is 6.07 Å². The van der Waals surface area contributed by atoms with Gasteiger partial charge in [-0.3, -0.25) is 4.79 Å². The Labute approximate surface area is 189 Å². The number of carbonyl (C=O) groups excluding carboxylic acids is 2. The molecule has 7 nitrogen and oxygen atoms in total. The molecule has 0 radical (unpaired) electrons. The van der Waals surface area contributed by atoms with Gasteiger partial charge in [-0.05, 0) is 81.8 Å². The maximum atomic E-state index is 12.0. The van der Waals surface area contributed by atoms with Crippen molar-refractivity contribution in [3.8, 4) is 17.0 Å². The number of aromatic nitrogens is 1.